The fourth-order valence-electron chi connectivity index (χ4n) is 4.92. The summed E-state index contributed by atoms with van der Waals surface area (Å²) in [5.74, 6) is -1.41. The van der Waals surface area contributed by atoms with Crippen molar-refractivity contribution in [1.82, 2.24) is 15.5 Å². The van der Waals surface area contributed by atoms with E-state index < -0.39 is 29.9 Å². The highest BCUT2D eigenvalue weighted by atomic mass is 16.2. The standard InChI is InChI=1S/C29H28N4O4/c1-29(22-15-14-20-10-7-11-21(20)16-22)27(36)33(28(37)32-29)18-25(34)31-24-13-6-5-12-23(24)26(35)30-17-19-8-3-2-4-9-19/h2-6,8-9,12-16H,7,10-11,17-18H2,1H3,(H,30,35)(H,31,34)(H,32,37)/t29-/m1/s1. The van der Waals surface area contributed by atoms with E-state index in [4.69, 9.17) is 0 Å². The average Bonchev–Trinajstić information content (AvgIpc) is 3.46. The molecule has 0 spiro atoms. The van der Waals surface area contributed by atoms with E-state index in [1.54, 1.807) is 31.2 Å². The van der Waals surface area contributed by atoms with Gasteiger partial charge in [0, 0.05) is 6.54 Å². The summed E-state index contributed by atoms with van der Waals surface area (Å²) in [6, 6.07) is 21.3. The quantitative estimate of drug-likeness (QED) is 0.435. The second kappa shape index (κ2) is 9.89. The molecule has 1 heterocycles. The minimum absolute atomic E-state index is 0.284. The summed E-state index contributed by atoms with van der Waals surface area (Å²) in [6.45, 7) is 1.53. The van der Waals surface area contributed by atoms with Gasteiger partial charge in [-0.3, -0.25) is 19.3 Å². The molecule has 5 rings (SSSR count). The van der Waals surface area contributed by atoms with Crippen molar-refractivity contribution in [2.24, 2.45) is 0 Å². The number of rotatable bonds is 7. The summed E-state index contributed by atoms with van der Waals surface area (Å²) in [5, 5.41) is 8.29. The van der Waals surface area contributed by atoms with Crippen molar-refractivity contribution in [1.29, 1.82) is 0 Å². The number of fused-ring (bicyclic) bond motifs is 1. The third-order valence-electron chi connectivity index (χ3n) is 6.99. The number of amides is 5. The zero-order valence-corrected chi connectivity index (χ0v) is 20.5. The molecule has 188 valence electrons. The van der Waals surface area contributed by atoms with Crippen LogP contribution >= 0.6 is 0 Å². The van der Waals surface area contributed by atoms with Gasteiger partial charge in [-0.05, 0) is 60.6 Å². The van der Waals surface area contributed by atoms with Crippen LogP contribution in [0.4, 0.5) is 10.5 Å². The van der Waals surface area contributed by atoms with Crippen molar-refractivity contribution in [3.05, 3.63) is 101 Å². The molecule has 3 aromatic rings. The molecule has 1 fully saturated rings. The first-order valence-corrected chi connectivity index (χ1v) is 12.3. The number of carbonyl (C=O) groups excluding carboxylic acids is 4. The predicted octanol–water partition coefficient (Wildman–Crippen LogP) is 3.51. The van der Waals surface area contributed by atoms with Gasteiger partial charge in [0.1, 0.15) is 12.1 Å². The topological polar surface area (TPSA) is 108 Å². The Labute approximate surface area is 215 Å². The van der Waals surface area contributed by atoms with Crippen LogP contribution in [-0.2, 0) is 34.5 Å². The largest absolute Gasteiger partial charge is 0.348 e. The minimum Gasteiger partial charge on any atom is -0.348 e. The molecule has 0 saturated carbocycles. The number of benzene rings is 3. The van der Waals surface area contributed by atoms with Gasteiger partial charge >= 0.3 is 6.03 Å². The molecule has 1 saturated heterocycles. The van der Waals surface area contributed by atoms with Crippen LogP contribution in [0.5, 0.6) is 0 Å². The molecule has 1 aliphatic heterocycles. The van der Waals surface area contributed by atoms with Crippen LogP contribution in [-0.4, -0.2) is 35.2 Å². The molecule has 3 N–H and O–H groups in total. The normalized spacial score (nSPS) is 18.4. The van der Waals surface area contributed by atoms with E-state index in [0.29, 0.717) is 17.8 Å². The highest BCUT2D eigenvalue weighted by Gasteiger charge is 2.49. The molecule has 1 aliphatic carbocycles. The zero-order valence-electron chi connectivity index (χ0n) is 20.5. The predicted molar refractivity (Wildman–Crippen MR) is 139 cm³/mol. The molecular weight excluding hydrogens is 468 g/mol. The second-order valence-corrected chi connectivity index (χ2v) is 9.55. The Kier molecular flexibility index (Phi) is 6.48. The number of nitrogens with one attached hydrogen (secondary N) is 3. The number of carbonyl (C=O) groups is 4. The lowest BCUT2D eigenvalue weighted by Crippen LogP contribution is -2.42. The molecule has 3 aromatic carbocycles. The van der Waals surface area contributed by atoms with E-state index in [-0.39, 0.29) is 11.5 Å². The number of anilines is 1. The molecule has 37 heavy (non-hydrogen) atoms. The Hall–Kier alpha value is -4.46. The van der Waals surface area contributed by atoms with Gasteiger partial charge in [-0.25, -0.2) is 4.79 Å². The highest BCUT2D eigenvalue weighted by molar-refractivity contribution is 6.11. The van der Waals surface area contributed by atoms with E-state index in [2.05, 4.69) is 16.0 Å². The van der Waals surface area contributed by atoms with Gasteiger partial charge in [0.25, 0.3) is 11.8 Å². The van der Waals surface area contributed by atoms with Crippen LogP contribution in [0, 0.1) is 0 Å². The Bertz CT molecular complexity index is 1390. The third kappa shape index (κ3) is 4.82. The summed E-state index contributed by atoms with van der Waals surface area (Å²) in [5.41, 5.74) is 3.45. The SMILES string of the molecule is C[C@]1(c2ccc3c(c2)CCC3)NC(=O)N(CC(=O)Nc2ccccc2C(=O)NCc2ccccc2)C1=O. The summed E-state index contributed by atoms with van der Waals surface area (Å²) in [4.78, 5) is 52.7. The number of hydrogen-bond acceptors (Lipinski definition) is 4. The van der Waals surface area contributed by atoms with Crippen LogP contribution in [0.25, 0.3) is 0 Å². The molecular formula is C29H28N4O4. The molecule has 8 nitrogen and oxygen atoms in total. The monoisotopic (exact) mass is 496 g/mol. The third-order valence-corrected chi connectivity index (χ3v) is 6.99. The lowest BCUT2D eigenvalue weighted by molar-refractivity contribution is -0.133. The number of nitrogens with zero attached hydrogens (tertiary/aromatic N) is 1. The molecule has 2 aliphatic rings. The molecule has 5 amide bonds. The lowest BCUT2D eigenvalue weighted by atomic mass is 9.89. The van der Waals surface area contributed by atoms with Crippen molar-refractivity contribution in [3.8, 4) is 0 Å². The summed E-state index contributed by atoms with van der Waals surface area (Å²) >= 11 is 0. The average molecular weight is 497 g/mol. The van der Waals surface area contributed by atoms with Crippen molar-refractivity contribution < 1.29 is 19.2 Å². The number of hydrogen-bond donors (Lipinski definition) is 3. The van der Waals surface area contributed by atoms with Gasteiger partial charge in [0.05, 0.1) is 11.3 Å². The molecule has 0 aromatic heterocycles. The molecule has 0 unspecified atom stereocenters. The Morgan fingerprint density at radius 1 is 0.946 bits per heavy atom. The second-order valence-electron chi connectivity index (χ2n) is 9.55. The Balaban J connectivity index is 1.26. The van der Waals surface area contributed by atoms with Gasteiger partial charge in [-0.2, -0.15) is 0 Å². The van der Waals surface area contributed by atoms with E-state index in [0.717, 1.165) is 29.7 Å². The minimum atomic E-state index is -1.25. The maximum atomic E-state index is 13.3. The summed E-state index contributed by atoms with van der Waals surface area (Å²) < 4.78 is 0. The van der Waals surface area contributed by atoms with Crippen LogP contribution < -0.4 is 16.0 Å². The first-order valence-electron chi connectivity index (χ1n) is 12.3. The van der Waals surface area contributed by atoms with E-state index in [1.165, 1.54) is 11.1 Å². The molecule has 0 bridgehead atoms. The number of imide groups is 1. The number of urea groups is 1. The maximum absolute atomic E-state index is 13.3. The van der Waals surface area contributed by atoms with Crippen LogP contribution in [0.1, 0.15) is 46.0 Å². The first kappa shape index (κ1) is 24.2. The highest BCUT2D eigenvalue weighted by Crippen LogP contribution is 2.32. The first-order chi connectivity index (χ1) is 17.8. The van der Waals surface area contributed by atoms with Crippen molar-refractivity contribution in [2.75, 3.05) is 11.9 Å². The van der Waals surface area contributed by atoms with E-state index >= 15 is 0 Å². The van der Waals surface area contributed by atoms with Crippen LogP contribution in [0.3, 0.4) is 0 Å². The summed E-state index contributed by atoms with van der Waals surface area (Å²) in [6.07, 6.45) is 3.05. The molecule has 8 heteroatoms. The lowest BCUT2D eigenvalue weighted by Gasteiger charge is -2.23. The Morgan fingerprint density at radius 2 is 1.68 bits per heavy atom. The van der Waals surface area contributed by atoms with Crippen molar-refractivity contribution in [2.45, 2.75) is 38.3 Å². The Morgan fingerprint density at radius 3 is 2.49 bits per heavy atom. The van der Waals surface area contributed by atoms with Gasteiger partial charge < -0.3 is 16.0 Å². The van der Waals surface area contributed by atoms with Gasteiger partial charge in [-0.15, -0.1) is 0 Å². The van der Waals surface area contributed by atoms with Crippen LogP contribution in [0.15, 0.2) is 72.8 Å². The van der Waals surface area contributed by atoms with Crippen molar-refractivity contribution in [3.63, 3.8) is 0 Å². The van der Waals surface area contributed by atoms with Gasteiger partial charge in [0.2, 0.25) is 5.91 Å². The fourth-order valence-corrected chi connectivity index (χ4v) is 4.92. The fraction of sp³-hybridized carbons (Fsp3) is 0.241. The smallest absolute Gasteiger partial charge is 0.325 e. The van der Waals surface area contributed by atoms with E-state index in [9.17, 15) is 19.2 Å². The van der Waals surface area contributed by atoms with Crippen LogP contribution in [0.2, 0.25) is 0 Å². The zero-order chi connectivity index (χ0) is 26.0. The van der Waals surface area contributed by atoms with E-state index in [1.807, 2.05) is 48.5 Å². The van der Waals surface area contributed by atoms with Gasteiger partial charge in [-0.1, -0.05) is 60.7 Å². The summed E-state index contributed by atoms with van der Waals surface area (Å²) in [7, 11) is 0. The maximum Gasteiger partial charge on any atom is 0.325 e. The molecule has 0 radical (unpaired) electrons. The molecule has 1 atom stereocenters. The van der Waals surface area contributed by atoms with Crippen molar-refractivity contribution >= 4 is 29.4 Å². The number of aryl methyl sites for hydroxylation is 2. The van der Waals surface area contributed by atoms with Gasteiger partial charge in [0.15, 0.2) is 0 Å². The number of para-hydroxylation sites is 1.